The molecule has 6 N–H and O–H groups in total. The highest BCUT2D eigenvalue weighted by molar-refractivity contribution is 9.09. The van der Waals surface area contributed by atoms with E-state index in [0.717, 1.165) is 33.4 Å². The Morgan fingerprint density at radius 3 is 0.958 bits per heavy atom. The number of amides is 2. The summed E-state index contributed by atoms with van der Waals surface area (Å²) in [7, 11) is 34.0. The number of ketones is 1. The van der Waals surface area contributed by atoms with E-state index >= 15 is 0 Å². The smallest absolute Gasteiger partial charge is 0.306 e. The third-order valence-corrected chi connectivity index (χ3v) is 28.5. The lowest BCUT2D eigenvalue weighted by Gasteiger charge is -2.51. The average Bonchev–Trinajstić information content (AvgIpc) is 1.31. The van der Waals surface area contributed by atoms with Gasteiger partial charge in [0, 0.05) is 205 Å². The van der Waals surface area contributed by atoms with Gasteiger partial charge in [-0.05, 0) is 47.2 Å². The van der Waals surface area contributed by atoms with E-state index in [9.17, 15) is 29.4 Å². The van der Waals surface area contributed by atoms with Crippen molar-refractivity contribution in [1.29, 1.82) is 0 Å². The van der Waals surface area contributed by atoms with Crippen LogP contribution >= 0.6 is 15.9 Å². The van der Waals surface area contributed by atoms with Gasteiger partial charge in [0.1, 0.15) is 147 Å². The Labute approximate surface area is 841 Å². The first kappa shape index (κ1) is 119. The molecule has 142 heavy (non-hydrogen) atoms. The molecule has 6 fully saturated rings. The van der Waals surface area contributed by atoms with Crippen LogP contribution in [0.2, 0.25) is 0 Å². The first-order chi connectivity index (χ1) is 68.8. The van der Waals surface area contributed by atoms with Crippen molar-refractivity contribution in [2.45, 2.75) is 272 Å². The molecule has 810 valence electrons. The fourth-order valence-electron chi connectivity index (χ4n) is 21.3. The highest BCUT2D eigenvalue weighted by Crippen LogP contribution is 2.46. The number of hydrogen-bond donors (Lipinski definition) is 6. The molecule has 2 amide bonds. The molecular formula is C98H157BrN4O39. The second-order valence-electron chi connectivity index (χ2n) is 36.0. The van der Waals surface area contributed by atoms with E-state index in [2.05, 4.69) is 49.3 Å². The Kier molecular flexibility index (Phi) is 49.9. The maximum atomic E-state index is 13.5. The van der Waals surface area contributed by atoms with E-state index in [4.69, 9.17) is 156 Å². The number of nitrogens with one attached hydrogen (secondary N) is 4. The number of aliphatic hydroxyl groups excluding tert-OH is 2. The fourth-order valence-corrected chi connectivity index (χ4v) is 21.8. The summed E-state index contributed by atoms with van der Waals surface area (Å²) in [6.07, 6.45) is -21.7. The number of benzene rings is 2. The minimum absolute atomic E-state index is 0.0120. The highest BCUT2D eigenvalue weighted by Gasteiger charge is 2.60. The molecule has 6 heterocycles. The van der Waals surface area contributed by atoms with Gasteiger partial charge in [-0.15, -0.1) is 0 Å². The van der Waals surface area contributed by atoms with Crippen molar-refractivity contribution in [1.82, 2.24) is 21.3 Å². The van der Waals surface area contributed by atoms with Gasteiger partial charge in [-0.3, -0.25) is 19.2 Å². The van der Waals surface area contributed by atoms with Crippen molar-refractivity contribution in [3.05, 3.63) is 83.0 Å². The first-order valence-electron chi connectivity index (χ1n) is 47.9. The van der Waals surface area contributed by atoms with Gasteiger partial charge in [-0.1, -0.05) is 76.6 Å². The summed E-state index contributed by atoms with van der Waals surface area (Å²) < 4.78 is 203. The number of hydrogen-bond acceptors (Lipinski definition) is 41. The molecule has 2 aromatic rings. The van der Waals surface area contributed by atoms with Crippen LogP contribution in [0, 0.1) is 11.8 Å². The Bertz CT molecular complexity index is 4080. The summed E-state index contributed by atoms with van der Waals surface area (Å²) in [6, 6.07) is 14.5. The lowest BCUT2D eigenvalue weighted by atomic mass is 9.80. The first-order valence-corrected chi connectivity index (χ1v) is 49.1. The number of carbonyl (C=O) groups is 4. The molecule has 38 atom stereocenters. The highest BCUT2D eigenvalue weighted by atomic mass is 79.9. The van der Waals surface area contributed by atoms with Gasteiger partial charge in [0.2, 0.25) is 11.8 Å². The number of Topliss-reactive ketones (excluding diaryl/α,β-unsaturated/α-hetero) is 1. The van der Waals surface area contributed by atoms with E-state index < -0.39 is 226 Å². The Balaban J connectivity index is 0.000000297. The SMILES string of the molecule is COCC1=C[C@H](N[C@@H]2C(C)O[C@H](O[C@@H]3C(COC)O[C@H](O[C@@H]4C(COC)OC(NC(=O)CCC(=O)CCBr)C(OC)[C@@H]4OC)C(OC)[C@@H]3OC)C(OC)[C@@H]2OC)C(OC)[C@H](OC)[C@H]1CO.COCC1=C[C@H](N[C@@H]2C(C)O[C@H](O[C@@H]3C(COC)O[C@H](O[C@@H]4C(COC)OC(NC(=O)CCC(=O)OCC5c6ccccc6-c6ccccc65)C(OC)[C@@H]4OC)C(OC)[C@@H]3OC)C(OC)[C@@H]2OC)C(OC)[C@H](OC)[C@H]1CO. The van der Waals surface area contributed by atoms with Crippen LogP contribution in [0.1, 0.15) is 63.0 Å². The van der Waals surface area contributed by atoms with Crippen molar-refractivity contribution in [2.75, 3.05) is 221 Å². The molecular weight excluding hydrogens is 1940 g/mol. The van der Waals surface area contributed by atoms with Gasteiger partial charge in [0.15, 0.2) is 37.6 Å². The number of alkyl halides is 1. The van der Waals surface area contributed by atoms with Gasteiger partial charge >= 0.3 is 5.97 Å². The van der Waals surface area contributed by atoms with Gasteiger partial charge < -0.3 is 188 Å². The quantitative estimate of drug-likeness (QED) is 0.0314. The molecule has 11 rings (SSSR count). The van der Waals surface area contributed by atoms with E-state index in [1.165, 1.54) is 85.3 Å². The van der Waals surface area contributed by atoms with Crippen molar-refractivity contribution in [3.63, 3.8) is 0 Å². The third kappa shape index (κ3) is 28.3. The Hall–Kier alpha value is -4.96. The minimum atomic E-state index is -1.14. The topological polar surface area (TPSA) is 461 Å². The molecule has 0 saturated carbocycles. The zero-order valence-corrected chi connectivity index (χ0v) is 87.9. The van der Waals surface area contributed by atoms with Crippen LogP contribution in [0.15, 0.2) is 71.8 Å². The maximum Gasteiger partial charge on any atom is 0.306 e. The molecule has 6 aliphatic heterocycles. The van der Waals surface area contributed by atoms with Crippen LogP contribution in [-0.4, -0.2) is 475 Å². The number of esters is 1. The van der Waals surface area contributed by atoms with Crippen LogP contribution in [0.3, 0.4) is 0 Å². The Morgan fingerprint density at radius 2 is 0.641 bits per heavy atom. The van der Waals surface area contributed by atoms with Gasteiger partial charge in [0.05, 0.1) is 108 Å². The lowest BCUT2D eigenvalue weighted by molar-refractivity contribution is -0.375. The predicted molar refractivity (Wildman–Crippen MR) is 508 cm³/mol. The zero-order valence-electron chi connectivity index (χ0n) is 86.3. The van der Waals surface area contributed by atoms with Crippen molar-refractivity contribution >= 4 is 39.5 Å². The van der Waals surface area contributed by atoms with Crippen LogP contribution in [0.5, 0.6) is 0 Å². The number of carbonyl (C=O) groups excluding carboxylic acids is 4. The molecule has 16 unspecified atom stereocenters. The number of aliphatic hydroxyl groups is 2. The van der Waals surface area contributed by atoms with E-state index in [1.807, 2.05) is 62.4 Å². The second kappa shape index (κ2) is 59.6. The number of ether oxygens (including phenoxy) is 33. The van der Waals surface area contributed by atoms with E-state index in [1.54, 1.807) is 71.1 Å². The number of rotatable bonds is 54. The molecule has 0 spiro atoms. The lowest BCUT2D eigenvalue weighted by Crippen LogP contribution is -2.69. The summed E-state index contributed by atoms with van der Waals surface area (Å²) in [5.74, 6) is -2.16. The number of fused-ring (bicyclic) bond motifs is 3. The van der Waals surface area contributed by atoms with Gasteiger partial charge in [-0.2, -0.15) is 0 Å². The number of halogens is 1. The van der Waals surface area contributed by atoms with Crippen LogP contribution in [0.4, 0.5) is 0 Å². The predicted octanol–water partition coefficient (Wildman–Crippen LogP) is 2.27. The zero-order chi connectivity index (χ0) is 103. The molecule has 43 nitrogen and oxygen atoms in total. The summed E-state index contributed by atoms with van der Waals surface area (Å²) >= 11 is 3.26. The molecule has 0 aromatic heterocycles. The van der Waals surface area contributed by atoms with E-state index in [0.29, 0.717) is 25.0 Å². The summed E-state index contributed by atoms with van der Waals surface area (Å²) in [4.78, 5) is 51.8. The normalized spacial score (nSPS) is 36.9. The molecule has 3 aliphatic carbocycles. The van der Waals surface area contributed by atoms with Crippen LogP contribution in [0.25, 0.3) is 11.1 Å². The average molecular weight is 2100 g/mol. The number of methoxy groups -OCH3 is 22. The maximum absolute atomic E-state index is 13.5. The standard InChI is InChI=1S/C55H82N2O20.C43H75BrN2O19/c1-29-42(56-37-23-30(25-61-2)35(24-58)43(64-5)44(37)65-6)47(66-7)51(70-11)54(73-29)76-46-39(28-63-4)75-55(52(71-12)49(46)68-9)77-45-38(27-62-3)74-53(50(69-10)48(45)67-8)57-40(59)21-22-41(60)72-26-36-33-19-15-13-17-31(33)32-18-14-16-20-34(32)36;1-22-30(45-26-17-23(19-50-2)25(18-47)31(53-5)32(26)54-6)35(55-7)39(59-11)42(61-22)64-34-28(21-52-4)63-43(40(60-12)37(34)57-9)65-33-27(20-51-3)62-41(38(58-10)36(33)56-8)46-29(49)14-13-24(48)15-16-44/h13-20,23,29,35-39,42-56,58H,21-22,24-28H2,1-12H3,(H,57,59);17,22,25-28,30-43,45,47H,13-16,18-21H2,1-12H3,(H,46,49)/t29?,35-,37-,38?,39?,42+,43+,44?,45+,46+,47+,48+,49+,50?,51?,52?,53?,54+,55+;22?,25-,26-,27?,28?,30+,31+,32?,33+,34+,35+,36+,37+,38?,39?,40?,41?,42+,43+/m00/s1. The monoisotopic (exact) mass is 2090 g/mol. The molecule has 0 radical (unpaired) electrons. The van der Waals surface area contributed by atoms with Gasteiger partial charge in [-0.25, -0.2) is 0 Å². The minimum Gasteiger partial charge on any atom is -0.465 e. The molecule has 0 bridgehead atoms. The van der Waals surface area contributed by atoms with Crippen molar-refractivity contribution in [3.8, 4) is 11.1 Å². The summed E-state index contributed by atoms with van der Waals surface area (Å²) in [5.41, 5.74) is 6.17. The largest absolute Gasteiger partial charge is 0.465 e. The van der Waals surface area contributed by atoms with Crippen molar-refractivity contribution in [2.24, 2.45) is 11.8 Å². The van der Waals surface area contributed by atoms with Gasteiger partial charge in [0.25, 0.3) is 0 Å². The van der Waals surface area contributed by atoms with Crippen molar-refractivity contribution < 1.29 is 186 Å². The summed E-state index contributed by atoms with van der Waals surface area (Å²) in [6.45, 7) is 4.41. The molecule has 9 aliphatic rings. The van der Waals surface area contributed by atoms with E-state index in [-0.39, 0.29) is 107 Å². The van der Waals surface area contributed by atoms with Crippen LogP contribution in [-0.2, 0) is 175 Å². The fraction of sp³-hybridized carbons (Fsp3) is 0.796. The molecule has 2 aromatic carbocycles. The van der Waals surface area contributed by atoms with Crippen LogP contribution < -0.4 is 21.3 Å². The molecule has 44 heteroatoms. The third-order valence-electron chi connectivity index (χ3n) is 28.1. The summed E-state index contributed by atoms with van der Waals surface area (Å²) in [5, 5.41) is 34.3. The molecule has 6 saturated heterocycles. The Morgan fingerprint density at radius 1 is 0.331 bits per heavy atom. The second-order valence-corrected chi connectivity index (χ2v) is 36.8.